The van der Waals surface area contributed by atoms with Gasteiger partial charge in [0.05, 0.1) is 5.56 Å². The maximum absolute atomic E-state index is 12.4. The van der Waals surface area contributed by atoms with E-state index in [9.17, 15) is 9.59 Å². The lowest BCUT2D eigenvalue weighted by Gasteiger charge is -2.35. The third kappa shape index (κ3) is 4.97. The summed E-state index contributed by atoms with van der Waals surface area (Å²) in [6, 6.07) is 7.35. The fourth-order valence-electron chi connectivity index (χ4n) is 3.28. The number of nitrogens with zero attached hydrogens (tertiary/aromatic N) is 1. The average molecular weight is 346 g/mol. The first-order valence-corrected chi connectivity index (χ1v) is 9.08. The number of rotatable bonds is 5. The lowest BCUT2D eigenvalue weighted by Crippen LogP contribution is -2.47. The Bertz CT molecular complexity index is 615. The van der Waals surface area contributed by atoms with E-state index in [0.29, 0.717) is 17.4 Å². The first kappa shape index (κ1) is 19.3. The summed E-state index contributed by atoms with van der Waals surface area (Å²) in [6.07, 6.45) is 2.52. The van der Waals surface area contributed by atoms with Crippen molar-refractivity contribution in [2.24, 2.45) is 11.8 Å². The van der Waals surface area contributed by atoms with Crippen molar-refractivity contribution in [2.75, 3.05) is 19.0 Å². The van der Waals surface area contributed by atoms with Gasteiger partial charge in [-0.1, -0.05) is 32.8 Å². The quantitative estimate of drug-likeness (QED) is 0.832. The molecule has 1 N–H and O–H groups in total. The molecule has 1 aromatic rings. The Labute approximate surface area is 150 Å². The maximum Gasteiger partial charge on any atom is 0.338 e. The van der Waals surface area contributed by atoms with E-state index >= 15 is 0 Å². The Morgan fingerprint density at radius 3 is 2.64 bits per heavy atom. The van der Waals surface area contributed by atoms with Crippen LogP contribution in [0.1, 0.15) is 50.4 Å². The van der Waals surface area contributed by atoms with Gasteiger partial charge in [0.2, 0.25) is 0 Å². The summed E-state index contributed by atoms with van der Waals surface area (Å²) in [5.41, 5.74) is 1.36. The Morgan fingerprint density at radius 1 is 1.24 bits per heavy atom. The molecule has 0 saturated heterocycles. The summed E-state index contributed by atoms with van der Waals surface area (Å²) in [5, 5.41) is 3.06. The number of anilines is 1. The van der Waals surface area contributed by atoms with Gasteiger partial charge in [-0.25, -0.2) is 4.79 Å². The van der Waals surface area contributed by atoms with E-state index in [4.69, 9.17) is 4.74 Å². The largest absolute Gasteiger partial charge is 0.449 e. The summed E-state index contributed by atoms with van der Waals surface area (Å²) >= 11 is 0. The van der Waals surface area contributed by atoms with Gasteiger partial charge >= 0.3 is 5.97 Å². The third-order valence-electron chi connectivity index (χ3n) is 5.29. The molecule has 5 heteroatoms. The Kier molecular flexibility index (Phi) is 6.45. The second kappa shape index (κ2) is 8.37. The summed E-state index contributed by atoms with van der Waals surface area (Å²) in [4.78, 5) is 26.6. The highest BCUT2D eigenvalue weighted by Crippen LogP contribution is 2.29. The monoisotopic (exact) mass is 346 g/mol. The standard InChI is InChI=1S/C20H30N2O3/c1-13-8-6-11-18(14(13)2)21-19(23)15(3)25-20(24)16-9-7-10-17(12-16)22(4)5/h7,9-10,12-15,18H,6,8,11H2,1-5H3,(H,21,23)/t13-,14+,15-,18+/m0/s1. The second-order valence-corrected chi connectivity index (χ2v) is 7.37. The van der Waals surface area contributed by atoms with Gasteiger partial charge in [0.1, 0.15) is 0 Å². The molecule has 0 unspecified atom stereocenters. The zero-order chi connectivity index (χ0) is 18.6. The van der Waals surface area contributed by atoms with Crippen molar-refractivity contribution in [3.05, 3.63) is 29.8 Å². The van der Waals surface area contributed by atoms with Crippen LogP contribution < -0.4 is 10.2 Å². The van der Waals surface area contributed by atoms with E-state index in [1.807, 2.05) is 31.1 Å². The molecular formula is C20H30N2O3. The molecule has 1 aliphatic carbocycles. The molecule has 5 nitrogen and oxygen atoms in total. The van der Waals surface area contributed by atoms with E-state index < -0.39 is 12.1 Å². The van der Waals surface area contributed by atoms with Crippen molar-refractivity contribution < 1.29 is 14.3 Å². The van der Waals surface area contributed by atoms with Gasteiger partial charge in [-0.15, -0.1) is 0 Å². The molecule has 0 radical (unpaired) electrons. The van der Waals surface area contributed by atoms with E-state index in [1.165, 1.54) is 6.42 Å². The van der Waals surface area contributed by atoms with Crippen LogP contribution in [0.15, 0.2) is 24.3 Å². The van der Waals surface area contributed by atoms with Gasteiger partial charge in [-0.2, -0.15) is 0 Å². The highest BCUT2D eigenvalue weighted by atomic mass is 16.5. The van der Waals surface area contributed by atoms with E-state index in [-0.39, 0.29) is 11.9 Å². The van der Waals surface area contributed by atoms with Crippen LogP contribution in [0.2, 0.25) is 0 Å². The summed E-state index contributed by atoms with van der Waals surface area (Å²) in [6.45, 7) is 6.03. The number of ether oxygens (including phenoxy) is 1. The molecule has 0 aromatic heterocycles. The predicted molar refractivity (Wildman–Crippen MR) is 99.8 cm³/mol. The average Bonchev–Trinajstić information content (AvgIpc) is 2.58. The molecule has 25 heavy (non-hydrogen) atoms. The predicted octanol–water partition coefficient (Wildman–Crippen LogP) is 3.24. The van der Waals surface area contributed by atoms with Gasteiger partial charge < -0.3 is 15.0 Å². The summed E-state index contributed by atoms with van der Waals surface area (Å²) < 4.78 is 5.37. The van der Waals surface area contributed by atoms with Gasteiger partial charge in [-0.05, 0) is 43.4 Å². The zero-order valence-corrected chi connectivity index (χ0v) is 15.9. The van der Waals surface area contributed by atoms with Crippen LogP contribution >= 0.6 is 0 Å². The first-order valence-electron chi connectivity index (χ1n) is 9.08. The third-order valence-corrected chi connectivity index (χ3v) is 5.29. The van der Waals surface area contributed by atoms with Crippen molar-refractivity contribution in [1.29, 1.82) is 0 Å². The van der Waals surface area contributed by atoms with E-state index in [0.717, 1.165) is 18.5 Å². The van der Waals surface area contributed by atoms with Crippen molar-refractivity contribution in [1.82, 2.24) is 5.32 Å². The molecule has 0 spiro atoms. The number of nitrogens with one attached hydrogen (secondary N) is 1. The van der Waals surface area contributed by atoms with Crippen LogP contribution in [0, 0.1) is 11.8 Å². The van der Waals surface area contributed by atoms with Crippen LogP contribution in [0.25, 0.3) is 0 Å². The van der Waals surface area contributed by atoms with Crippen molar-refractivity contribution in [3.63, 3.8) is 0 Å². The van der Waals surface area contributed by atoms with Crippen LogP contribution in [0.4, 0.5) is 5.69 Å². The van der Waals surface area contributed by atoms with Crippen molar-refractivity contribution in [3.8, 4) is 0 Å². The number of hydrogen-bond acceptors (Lipinski definition) is 4. The zero-order valence-electron chi connectivity index (χ0n) is 15.9. The molecule has 138 valence electrons. The molecule has 4 atom stereocenters. The van der Waals surface area contributed by atoms with E-state index in [2.05, 4.69) is 19.2 Å². The number of benzene rings is 1. The minimum Gasteiger partial charge on any atom is -0.449 e. The molecule has 2 rings (SSSR count). The molecule has 0 bridgehead atoms. The summed E-state index contributed by atoms with van der Waals surface area (Å²) in [7, 11) is 3.82. The van der Waals surface area contributed by atoms with Gasteiger partial charge in [0.25, 0.3) is 5.91 Å². The lowest BCUT2D eigenvalue weighted by molar-refractivity contribution is -0.130. The van der Waals surface area contributed by atoms with E-state index in [1.54, 1.807) is 19.1 Å². The fraction of sp³-hybridized carbons (Fsp3) is 0.600. The molecule has 1 fully saturated rings. The minimum atomic E-state index is -0.806. The fourth-order valence-corrected chi connectivity index (χ4v) is 3.28. The minimum absolute atomic E-state index is 0.162. The number of amides is 1. The number of carbonyl (C=O) groups is 2. The SMILES string of the molecule is C[C@@H]1[C@@H](C)CCC[C@H]1NC(=O)[C@H](C)OC(=O)c1cccc(N(C)C)c1. The molecule has 1 saturated carbocycles. The molecule has 0 heterocycles. The van der Waals surface area contributed by atoms with Gasteiger partial charge in [-0.3, -0.25) is 4.79 Å². The Hall–Kier alpha value is -2.04. The smallest absolute Gasteiger partial charge is 0.338 e. The highest BCUT2D eigenvalue weighted by molar-refractivity contribution is 5.93. The molecule has 1 amide bonds. The Morgan fingerprint density at radius 2 is 1.96 bits per heavy atom. The second-order valence-electron chi connectivity index (χ2n) is 7.37. The topological polar surface area (TPSA) is 58.6 Å². The first-order chi connectivity index (χ1) is 11.8. The van der Waals surface area contributed by atoms with Crippen LogP contribution in [0.5, 0.6) is 0 Å². The number of carbonyl (C=O) groups excluding carboxylic acids is 2. The van der Waals surface area contributed by atoms with Crippen LogP contribution in [0.3, 0.4) is 0 Å². The van der Waals surface area contributed by atoms with Crippen LogP contribution in [-0.2, 0) is 9.53 Å². The molecule has 1 aliphatic rings. The number of esters is 1. The van der Waals surface area contributed by atoms with Crippen molar-refractivity contribution >= 4 is 17.6 Å². The maximum atomic E-state index is 12.4. The lowest BCUT2D eigenvalue weighted by atomic mass is 9.78. The molecule has 0 aliphatic heterocycles. The van der Waals surface area contributed by atoms with Gasteiger partial charge in [0, 0.05) is 25.8 Å². The normalized spacial score (nSPS) is 24.3. The molecular weight excluding hydrogens is 316 g/mol. The Balaban J connectivity index is 1.94. The van der Waals surface area contributed by atoms with Crippen LogP contribution in [-0.4, -0.2) is 38.1 Å². The summed E-state index contributed by atoms with van der Waals surface area (Å²) in [5.74, 6) is 0.350. The highest BCUT2D eigenvalue weighted by Gasteiger charge is 2.30. The van der Waals surface area contributed by atoms with Gasteiger partial charge in [0.15, 0.2) is 6.10 Å². The number of hydrogen-bond donors (Lipinski definition) is 1. The van der Waals surface area contributed by atoms with Crippen molar-refractivity contribution in [2.45, 2.75) is 52.2 Å². The molecule has 1 aromatic carbocycles.